The van der Waals surface area contributed by atoms with Gasteiger partial charge in [-0.15, -0.1) is 0 Å². The number of rotatable bonds is 17. The van der Waals surface area contributed by atoms with Crippen molar-refractivity contribution < 1.29 is 90.9 Å². The first kappa shape index (κ1) is 62.5. The summed E-state index contributed by atoms with van der Waals surface area (Å²) in [6, 6.07) is 0. The van der Waals surface area contributed by atoms with Gasteiger partial charge in [-0.05, 0) is 118 Å². The van der Waals surface area contributed by atoms with Crippen molar-refractivity contribution in [3.05, 3.63) is 23.3 Å². The predicted molar refractivity (Wildman–Crippen MR) is 290 cm³/mol. The molecule has 5 saturated heterocycles. The Bertz CT molecular complexity index is 2180. The summed E-state index contributed by atoms with van der Waals surface area (Å²) in [6.07, 6.45) is 1.45. The number of methoxy groups -OCH3 is 5. The van der Waals surface area contributed by atoms with E-state index in [2.05, 4.69) is 19.9 Å². The number of hydrogen-bond acceptors (Lipinski definition) is 19. The van der Waals surface area contributed by atoms with Crippen LogP contribution in [0.25, 0.3) is 0 Å². The van der Waals surface area contributed by atoms with Gasteiger partial charge in [-0.25, -0.2) is 4.79 Å². The largest absolute Gasteiger partial charge is 0.458 e. The van der Waals surface area contributed by atoms with Gasteiger partial charge < -0.3 is 81.3 Å². The number of allylic oxidation sites excluding steroid dienone is 2. The highest BCUT2D eigenvalue weighted by Crippen LogP contribution is 2.69. The van der Waals surface area contributed by atoms with Crippen molar-refractivity contribution in [3.63, 3.8) is 0 Å². The van der Waals surface area contributed by atoms with Crippen molar-refractivity contribution in [2.45, 2.75) is 281 Å². The van der Waals surface area contributed by atoms with Crippen LogP contribution in [-0.2, 0) is 80.6 Å². The van der Waals surface area contributed by atoms with E-state index < -0.39 is 121 Å². The van der Waals surface area contributed by atoms with Gasteiger partial charge >= 0.3 is 5.97 Å². The highest BCUT2D eigenvalue weighted by atomic mass is 16.8. The van der Waals surface area contributed by atoms with Gasteiger partial charge in [0.2, 0.25) is 0 Å². The second kappa shape index (κ2) is 25.5. The van der Waals surface area contributed by atoms with Gasteiger partial charge in [0, 0.05) is 90.0 Å². The van der Waals surface area contributed by atoms with E-state index in [1.807, 2.05) is 34.6 Å². The Morgan fingerprint density at radius 3 is 1.51 bits per heavy atom. The molecule has 28 atom stereocenters. The minimum absolute atomic E-state index is 0.0291. The zero-order chi connectivity index (χ0) is 57.7. The van der Waals surface area contributed by atoms with Gasteiger partial charge in [0.1, 0.15) is 42.4 Å². The molecular weight excluding hydrogens is 1040 g/mol. The third kappa shape index (κ3) is 11.8. The van der Waals surface area contributed by atoms with Crippen molar-refractivity contribution in [2.24, 2.45) is 34.5 Å². The van der Waals surface area contributed by atoms with E-state index >= 15 is 0 Å². The molecule has 456 valence electrons. The maximum Gasteiger partial charge on any atom is 0.333 e. The molecule has 0 amide bonds. The van der Waals surface area contributed by atoms with E-state index in [0.29, 0.717) is 56.9 Å². The molecule has 0 bridgehead atoms. The Balaban J connectivity index is 0.804. The number of esters is 1. The van der Waals surface area contributed by atoms with E-state index in [1.54, 1.807) is 62.4 Å². The van der Waals surface area contributed by atoms with Crippen LogP contribution in [0, 0.1) is 34.5 Å². The van der Waals surface area contributed by atoms with Gasteiger partial charge in [0.05, 0.1) is 72.7 Å². The number of ether oxygens (including phenoxy) is 15. The zero-order valence-corrected chi connectivity index (χ0v) is 50.4. The fraction of sp³-hybridized carbons (Fsp3) is 0.902. The summed E-state index contributed by atoms with van der Waals surface area (Å²) < 4.78 is 95.6. The Labute approximate surface area is 475 Å². The fourth-order valence-electron chi connectivity index (χ4n) is 16.5. The fourth-order valence-corrected chi connectivity index (χ4v) is 16.5. The highest BCUT2D eigenvalue weighted by Gasteiger charge is 2.69. The average Bonchev–Trinajstić information content (AvgIpc) is 3.90. The first-order valence-electron chi connectivity index (χ1n) is 30.0. The summed E-state index contributed by atoms with van der Waals surface area (Å²) in [5, 5.41) is 23.2. The summed E-state index contributed by atoms with van der Waals surface area (Å²) >= 11 is 0. The zero-order valence-electron chi connectivity index (χ0n) is 50.4. The SMILES string of the molecule is C/C=C(\C)C(=O)O[C@@H]1C[C@H]([C@H]2C[C@H](OC)[C@H](O[C@H]3C[C@H](OC)[C@H](O[C@H]4C[C@H](OC)[C@H](O[C@H]5C[C@H](OC)[C@H](O[C@H]6C[C@@H](OC)[C@H](O)[C@@H](C)O6)[C@@H](C)O5)[C@@H](C)O4)[C@@H](C)O3)[C@@H](C)O2)CC2=CC[C@@H]3[C@H](CC[C@]4(C)[C@H](C(C)=O)CC[C@]34O)[C@]21C. The average molecular weight is 1140 g/mol. The first-order chi connectivity index (χ1) is 38.0. The Hall–Kier alpha value is -2.02. The van der Waals surface area contributed by atoms with Gasteiger partial charge in [0.25, 0.3) is 0 Å². The smallest absolute Gasteiger partial charge is 0.333 e. The van der Waals surface area contributed by atoms with E-state index in [9.17, 15) is 19.8 Å². The molecule has 8 fully saturated rings. The lowest BCUT2D eigenvalue weighted by molar-refractivity contribution is -0.349. The molecule has 3 saturated carbocycles. The first-order valence-corrected chi connectivity index (χ1v) is 30.0. The second-order valence-corrected chi connectivity index (χ2v) is 25.5. The maximum atomic E-state index is 13.8. The van der Waals surface area contributed by atoms with Crippen LogP contribution >= 0.6 is 0 Å². The minimum Gasteiger partial charge on any atom is -0.458 e. The lowest BCUT2D eigenvalue weighted by atomic mass is 9.44. The monoisotopic (exact) mass is 1130 g/mol. The second-order valence-electron chi connectivity index (χ2n) is 25.5. The normalized spacial score (nSPS) is 49.9. The van der Waals surface area contributed by atoms with Crippen molar-refractivity contribution >= 4 is 11.8 Å². The molecule has 19 heteroatoms. The number of fused-ring (bicyclic) bond motifs is 5. The lowest BCUT2D eigenvalue weighted by Gasteiger charge is -2.62. The van der Waals surface area contributed by atoms with E-state index in [4.69, 9.17) is 71.1 Å². The van der Waals surface area contributed by atoms with Gasteiger partial charge in [-0.3, -0.25) is 4.79 Å². The van der Waals surface area contributed by atoms with Crippen LogP contribution in [0.15, 0.2) is 23.3 Å². The molecule has 0 aromatic carbocycles. The molecule has 0 aromatic heterocycles. The number of aliphatic hydroxyl groups excluding tert-OH is 1. The van der Waals surface area contributed by atoms with Crippen molar-refractivity contribution in [1.29, 1.82) is 0 Å². The summed E-state index contributed by atoms with van der Waals surface area (Å²) in [5.74, 6) is -0.242. The molecule has 0 aromatic rings. The summed E-state index contributed by atoms with van der Waals surface area (Å²) in [6.45, 7) is 19.4. The molecule has 19 nitrogen and oxygen atoms in total. The maximum absolute atomic E-state index is 13.8. The number of carbonyl (C=O) groups is 2. The molecule has 0 unspecified atom stereocenters. The number of ketones is 1. The van der Waals surface area contributed by atoms with Crippen LogP contribution < -0.4 is 0 Å². The predicted octanol–water partition coefficient (Wildman–Crippen LogP) is 7.07. The third-order valence-corrected chi connectivity index (χ3v) is 21.4. The van der Waals surface area contributed by atoms with E-state index in [1.165, 1.54) is 5.57 Å². The lowest BCUT2D eigenvalue weighted by Crippen LogP contribution is -2.63. The van der Waals surface area contributed by atoms with Crippen molar-refractivity contribution in [2.75, 3.05) is 35.5 Å². The molecule has 80 heavy (non-hydrogen) atoms. The Morgan fingerprint density at radius 2 is 1.05 bits per heavy atom. The molecular formula is C61H98O19. The molecule has 0 spiro atoms. The summed E-state index contributed by atoms with van der Waals surface area (Å²) in [7, 11) is 8.26. The van der Waals surface area contributed by atoms with Gasteiger partial charge in [0.15, 0.2) is 25.2 Å². The van der Waals surface area contributed by atoms with Crippen molar-refractivity contribution in [1.82, 2.24) is 0 Å². The van der Waals surface area contributed by atoms with Crippen LogP contribution in [0.1, 0.15) is 146 Å². The molecule has 2 N–H and O–H groups in total. The molecule has 4 aliphatic carbocycles. The molecule has 9 rings (SSSR count). The molecule has 0 radical (unpaired) electrons. The number of aliphatic hydroxyl groups is 2. The minimum atomic E-state index is -0.976. The van der Waals surface area contributed by atoms with Crippen molar-refractivity contribution in [3.8, 4) is 0 Å². The Kier molecular flexibility index (Phi) is 19.9. The quantitative estimate of drug-likeness (QED) is 0.0847. The highest BCUT2D eigenvalue weighted by molar-refractivity contribution is 5.87. The summed E-state index contributed by atoms with van der Waals surface area (Å²) in [4.78, 5) is 26.7. The Morgan fingerprint density at radius 1 is 0.600 bits per heavy atom. The van der Waals surface area contributed by atoms with E-state index in [-0.39, 0.29) is 59.8 Å². The van der Waals surface area contributed by atoms with Crippen LogP contribution in [0.2, 0.25) is 0 Å². The molecule has 5 aliphatic heterocycles. The van der Waals surface area contributed by atoms with E-state index in [0.717, 1.165) is 25.7 Å². The third-order valence-electron chi connectivity index (χ3n) is 21.4. The standard InChI is InChI=1S/C61H98O19/c1-16-30(2)58(64)76-48-24-37(23-38-17-18-41-40(60(38,48)10)19-21-59(9)39(31(3)62)20-22-61(41,59)65)42-25-44(67-12)54(33(5)71-42)78-50-27-46(69-14)56(35(7)73-50)80-52-29-47(70-15)57(36(8)75-52)79-51-28-45(68-13)55(34(6)74-51)77-49-26-43(66-11)53(63)32(4)72-49/h16-17,32-37,39-57,63,65H,18-29H2,1-15H3/b30-16+/t32-,33-,34-,35-,36-,37-,39+,40+,41-,42-,43-,44+,45+,46+,47+,48-,49+,50+,51+,52+,53-,54-,55-,56-,57-,59-,60+,61+/m1/s1. The van der Waals surface area contributed by atoms with Crippen LogP contribution in [0.3, 0.4) is 0 Å². The van der Waals surface area contributed by atoms with Crippen LogP contribution in [0.5, 0.6) is 0 Å². The topological polar surface area (TPSA) is 213 Å². The van der Waals surface area contributed by atoms with Crippen LogP contribution in [0.4, 0.5) is 0 Å². The van der Waals surface area contributed by atoms with Gasteiger partial charge in [-0.1, -0.05) is 31.6 Å². The number of Topliss-reactive ketones (excluding diaryl/α,β-unsaturated/α-hetero) is 1. The number of carbonyl (C=O) groups excluding carboxylic acids is 2. The van der Waals surface area contributed by atoms with Gasteiger partial charge in [-0.2, -0.15) is 0 Å². The van der Waals surface area contributed by atoms with Crippen LogP contribution in [-0.4, -0.2) is 192 Å². The molecule has 9 aliphatic rings. The number of hydrogen-bond donors (Lipinski definition) is 2. The summed E-state index contributed by atoms with van der Waals surface area (Å²) in [5.41, 5.74) is -0.124. The molecule has 5 heterocycles.